The zero-order chi connectivity index (χ0) is 14.1. The molecule has 0 bridgehead atoms. The van der Waals surface area contributed by atoms with E-state index in [0.717, 1.165) is 17.5 Å². The Morgan fingerprint density at radius 3 is 2.60 bits per heavy atom. The number of hydrogen-bond donors (Lipinski definition) is 1. The van der Waals surface area contributed by atoms with Crippen LogP contribution in [0.2, 0.25) is 5.02 Å². The van der Waals surface area contributed by atoms with Crippen molar-refractivity contribution in [2.75, 3.05) is 6.54 Å². The van der Waals surface area contributed by atoms with E-state index in [-0.39, 0.29) is 11.7 Å². The number of hydrogen-bond acceptors (Lipinski definition) is 2. The van der Waals surface area contributed by atoms with Crippen LogP contribution in [-0.4, -0.2) is 22.5 Å². The lowest BCUT2D eigenvalue weighted by molar-refractivity contribution is 0.0734. The molecule has 0 aromatic heterocycles. The maximum atomic E-state index is 12.4. The highest BCUT2D eigenvalue weighted by atomic mass is 35.5. The Kier molecular flexibility index (Phi) is 3.36. The molecule has 0 saturated heterocycles. The van der Waals surface area contributed by atoms with Crippen LogP contribution in [0.4, 0.5) is 0 Å². The van der Waals surface area contributed by atoms with E-state index in [1.54, 1.807) is 36.4 Å². The molecule has 0 unspecified atom stereocenters. The summed E-state index contributed by atoms with van der Waals surface area (Å²) in [6.45, 7) is 1.25. The number of benzene rings is 2. The number of fused-ring (bicyclic) bond motifs is 1. The van der Waals surface area contributed by atoms with Crippen molar-refractivity contribution in [2.24, 2.45) is 0 Å². The summed E-state index contributed by atoms with van der Waals surface area (Å²) >= 11 is 5.84. The lowest BCUT2D eigenvalue weighted by atomic mass is 9.99. The molecule has 0 saturated carbocycles. The van der Waals surface area contributed by atoms with E-state index in [0.29, 0.717) is 23.7 Å². The van der Waals surface area contributed by atoms with Gasteiger partial charge in [0.2, 0.25) is 0 Å². The summed E-state index contributed by atoms with van der Waals surface area (Å²) in [5, 5.41) is 10.1. The van der Waals surface area contributed by atoms with Crippen molar-refractivity contribution in [1.29, 1.82) is 0 Å². The van der Waals surface area contributed by atoms with Crippen molar-refractivity contribution >= 4 is 17.5 Å². The van der Waals surface area contributed by atoms with E-state index in [9.17, 15) is 9.90 Å². The number of nitrogens with zero attached hydrogens (tertiary/aromatic N) is 1. The minimum atomic E-state index is 0.0143. The Morgan fingerprint density at radius 2 is 1.85 bits per heavy atom. The quantitative estimate of drug-likeness (QED) is 0.875. The van der Waals surface area contributed by atoms with Gasteiger partial charge in [0, 0.05) is 23.7 Å². The summed E-state index contributed by atoms with van der Waals surface area (Å²) in [5.41, 5.74) is 2.86. The molecule has 0 atom stereocenters. The van der Waals surface area contributed by atoms with Crippen LogP contribution in [0.25, 0.3) is 0 Å². The zero-order valence-electron chi connectivity index (χ0n) is 10.8. The van der Waals surface area contributed by atoms with Crippen LogP contribution >= 0.6 is 11.6 Å². The third-order valence-corrected chi connectivity index (χ3v) is 3.83. The topological polar surface area (TPSA) is 40.5 Å². The fourth-order valence-corrected chi connectivity index (χ4v) is 2.61. The number of rotatable bonds is 1. The average molecular weight is 288 g/mol. The molecule has 0 aliphatic carbocycles. The van der Waals surface area contributed by atoms with Crippen LogP contribution < -0.4 is 0 Å². The molecule has 0 radical (unpaired) electrons. The van der Waals surface area contributed by atoms with Crippen molar-refractivity contribution in [1.82, 2.24) is 4.90 Å². The molecule has 3 rings (SSSR count). The first-order valence-corrected chi connectivity index (χ1v) is 6.87. The lowest BCUT2D eigenvalue weighted by Gasteiger charge is -2.29. The first-order valence-electron chi connectivity index (χ1n) is 6.49. The number of carbonyl (C=O) groups is 1. The zero-order valence-corrected chi connectivity index (χ0v) is 11.6. The SMILES string of the molecule is O=C(c1ccc(Cl)cc1)N1CCc2cc(O)ccc2C1. The second kappa shape index (κ2) is 5.17. The molecule has 1 aliphatic heterocycles. The Labute approximate surface area is 122 Å². The number of aromatic hydroxyl groups is 1. The van der Waals surface area contributed by atoms with Crippen LogP contribution in [0.1, 0.15) is 21.5 Å². The van der Waals surface area contributed by atoms with Gasteiger partial charge in [0.1, 0.15) is 5.75 Å². The Bertz CT molecular complexity index is 652. The van der Waals surface area contributed by atoms with Gasteiger partial charge < -0.3 is 10.0 Å². The van der Waals surface area contributed by atoms with Crippen molar-refractivity contribution in [3.05, 3.63) is 64.2 Å². The molecule has 1 heterocycles. The van der Waals surface area contributed by atoms with Crippen LogP contribution in [0.3, 0.4) is 0 Å². The molecule has 2 aromatic carbocycles. The summed E-state index contributed by atoms with van der Waals surface area (Å²) in [7, 11) is 0. The number of phenols is 1. The Balaban J connectivity index is 1.81. The van der Waals surface area contributed by atoms with Crippen LogP contribution in [-0.2, 0) is 13.0 Å². The number of phenolic OH excluding ortho intramolecular Hbond substituents is 1. The lowest BCUT2D eigenvalue weighted by Crippen LogP contribution is -2.35. The molecule has 0 fully saturated rings. The van der Waals surface area contributed by atoms with Crippen molar-refractivity contribution in [2.45, 2.75) is 13.0 Å². The molecular formula is C16H14ClNO2. The van der Waals surface area contributed by atoms with Crippen molar-refractivity contribution < 1.29 is 9.90 Å². The standard InChI is InChI=1S/C16H14ClNO2/c17-14-4-1-11(2-5-14)16(20)18-8-7-12-9-15(19)6-3-13(12)10-18/h1-6,9,19H,7-8,10H2. The van der Waals surface area contributed by atoms with Gasteiger partial charge in [0.15, 0.2) is 0 Å². The Hall–Kier alpha value is -2.00. The highest BCUT2D eigenvalue weighted by Crippen LogP contribution is 2.24. The van der Waals surface area contributed by atoms with Gasteiger partial charge in [-0.3, -0.25) is 4.79 Å². The van der Waals surface area contributed by atoms with Crippen LogP contribution in [0, 0.1) is 0 Å². The maximum absolute atomic E-state index is 12.4. The van der Waals surface area contributed by atoms with Gasteiger partial charge in [-0.1, -0.05) is 17.7 Å². The summed E-state index contributed by atoms with van der Waals surface area (Å²) < 4.78 is 0. The minimum Gasteiger partial charge on any atom is -0.508 e. The molecule has 20 heavy (non-hydrogen) atoms. The maximum Gasteiger partial charge on any atom is 0.254 e. The Morgan fingerprint density at radius 1 is 1.10 bits per heavy atom. The van der Waals surface area contributed by atoms with Crippen molar-refractivity contribution in [3.63, 3.8) is 0 Å². The van der Waals surface area contributed by atoms with Crippen LogP contribution in [0.5, 0.6) is 5.75 Å². The molecule has 3 nitrogen and oxygen atoms in total. The predicted molar refractivity (Wildman–Crippen MR) is 78.0 cm³/mol. The predicted octanol–water partition coefficient (Wildman–Crippen LogP) is 3.24. The summed E-state index contributed by atoms with van der Waals surface area (Å²) in [4.78, 5) is 14.2. The monoisotopic (exact) mass is 287 g/mol. The number of carbonyl (C=O) groups excluding carboxylic acids is 1. The second-order valence-electron chi connectivity index (χ2n) is 4.94. The van der Waals surface area contributed by atoms with E-state index in [4.69, 9.17) is 11.6 Å². The van der Waals surface area contributed by atoms with E-state index >= 15 is 0 Å². The van der Waals surface area contributed by atoms with Gasteiger partial charge in [-0.05, 0) is 53.9 Å². The first-order chi connectivity index (χ1) is 9.63. The van der Waals surface area contributed by atoms with Crippen LogP contribution in [0.15, 0.2) is 42.5 Å². The molecular weight excluding hydrogens is 274 g/mol. The number of halogens is 1. The smallest absolute Gasteiger partial charge is 0.254 e. The van der Waals surface area contributed by atoms with E-state index in [1.165, 1.54) is 0 Å². The molecule has 102 valence electrons. The molecule has 1 amide bonds. The van der Waals surface area contributed by atoms with Gasteiger partial charge in [-0.25, -0.2) is 0 Å². The minimum absolute atomic E-state index is 0.0143. The fourth-order valence-electron chi connectivity index (χ4n) is 2.49. The molecule has 0 spiro atoms. The van der Waals surface area contributed by atoms with Crippen molar-refractivity contribution in [3.8, 4) is 5.75 Å². The van der Waals surface area contributed by atoms with Gasteiger partial charge in [-0.2, -0.15) is 0 Å². The van der Waals surface area contributed by atoms with Gasteiger partial charge in [0.25, 0.3) is 5.91 Å². The molecule has 1 aliphatic rings. The van der Waals surface area contributed by atoms with E-state index in [2.05, 4.69) is 0 Å². The highest BCUT2D eigenvalue weighted by Gasteiger charge is 2.21. The van der Waals surface area contributed by atoms with Gasteiger partial charge in [0.05, 0.1) is 0 Å². The highest BCUT2D eigenvalue weighted by molar-refractivity contribution is 6.30. The summed E-state index contributed by atoms with van der Waals surface area (Å²) in [6, 6.07) is 12.3. The van der Waals surface area contributed by atoms with Gasteiger partial charge in [-0.15, -0.1) is 0 Å². The summed E-state index contributed by atoms with van der Waals surface area (Å²) in [6.07, 6.45) is 0.767. The normalized spacial score (nSPS) is 13.9. The molecule has 4 heteroatoms. The van der Waals surface area contributed by atoms with E-state index in [1.807, 2.05) is 11.0 Å². The number of amides is 1. The average Bonchev–Trinajstić information content (AvgIpc) is 2.47. The third kappa shape index (κ3) is 2.49. The van der Waals surface area contributed by atoms with Gasteiger partial charge >= 0.3 is 0 Å². The summed E-state index contributed by atoms with van der Waals surface area (Å²) in [5.74, 6) is 0.293. The molecule has 2 aromatic rings. The first kappa shape index (κ1) is 13.0. The second-order valence-corrected chi connectivity index (χ2v) is 5.37. The fraction of sp³-hybridized carbons (Fsp3) is 0.188. The largest absolute Gasteiger partial charge is 0.508 e. The third-order valence-electron chi connectivity index (χ3n) is 3.58. The van der Waals surface area contributed by atoms with E-state index < -0.39 is 0 Å². The molecule has 1 N–H and O–H groups in total.